The number of hydrogen-bond acceptors (Lipinski definition) is 4. The average Bonchev–Trinajstić information content (AvgIpc) is 3.17. The van der Waals surface area contributed by atoms with Gasteiger partial charge in [-0.2, -0.15) is 5.10 Å². The lowest BCUT2D eigenvalue weighted by Crippen LogP contribution is -2.38. The second-order valence-corrected chi connectivity index (χ2v) is 7.13. The highest BCUT2D eigenvalue weighted by Gasteiger charge is 2.24. The third-order valence-electron chi connectivity index (χ3n) is 4.42. The summed E-state index contributed by atoms with van der Waals surface area (Å²) in [6.45, 7) is 0.442. The van der Waals surface area contributed by atoms with Crippen molar-refractivity contribution >= 4 is 27.6 Å². The highest BCUT2D eigenvalue weighted by molar-refractivity contribution is 7.18. The maximum atomic E-state index is 12.2. The van der Waals surface area contributed by atoms with E-state index in [2.05, 4.69) is 20.7 Å². The Morgan fingerprint density at radius 3 is 3.17 bits per heavy atom. The summed E-state index contributed by atoms with van der Waals surface area (Å²) < 4.78 is 3.05. The molecule has 2 N–H and O–H groups in total. The fourth-order valence-electron chi connectivity index (χ4n) is 3.22. The van der Waals surface area contributed by atoms with E-state index in [1.54, 1.807) is 11.3 Å². The molecule has 1 atom stereocenters. The van der Waals surface area contributed by atoms with Gasteiger partial charge in [-0.1, -0.05) is 12.1 Å². The lowest BCUT2D eigenvalue weighted by atomic mass is 9.93. The summed E-state index contributed by atoms with van der Waals surface area (Å²) in [6.07, 6.45) is 4.91. The fourth-order valence-corrected chi connectivity index (χ4v) is 4.12. The number of fused-ring (bicyclic) bond motifs is 2. The van der Waals surface area contributed by atoms with E-state index in [1.807, 2.05) is 42.2 Å². The molecule has 24 heavy (non-hydrogen) atoms. The maximum absolute atomic E-state index is 12.2. The molecule has 2 amide bonds. The summed E-state index contributed by atoms with van der Waals surface area (Å²) >= 11 is 1.61. The van der Waals surface area contributed by atoms with Crippen LogP contribution in [0, 0.1) is 0 Å². The van der Waals surface area contributed by atoms with Gasteiger partial charge in [-0.15, -0.1) is 11.3 Å². The molecule has 7 heteroatoms. The summed E-state index contributed by atoms with van der Waals surface area (Å²) in [5.74, 6) is 0. The van der Waals surface area contributed by atoms with Gasteiger partial charge in [0.15, 0.2) is 0 Å². The molecule has 6 nitrogen and oxygen atoms in total. The first-order chi connectivity index (χ1) is 11.7. The topological polar surface area (TPSA) is 71.8 Å². The molecule has 0 radical (unpaired) electrons. The number of hydrogen-bond donors (Lipinski definition) is 2. The number of nitrogens with zero attached hydrogens (tertiary/aromatic N) is 3. The third kappa shape index (κ3) is 2.87. The minimum absolute atomic E-state index is 0.0396. The summed E-state index contributed by atoms with van der Waals surface area (Å²) in [6, 6.07) is 7.89. The van der Waals surface area contributed by atoms with E-state index in [0.717, 1.165) is 40.1 Å². The van der Waals surface area contributed by atoms with Crippen LogP contribution < -0.4 is 10.6 Å². The van der Waals surface area contributed by atoms with Gasteiger partial charge in [-0.05, 0) is 31.4 Å². The number of amides is 2. The minimum atomic E-state index is -0.157. The number of carbonyl (C=O) groups excluding carboxylic acids is 1. The van der Waals surface area contributed by atoms with E-state index in [4.69, 9.17) is 0 Å². The molecule has 3 aromatic rings. The monoisotopic (exact) mass is 341 g/mol. The Kier molecular flexibility index (Phi) is 3.93. The largest absolute Gasteiger partial charge is 0.332 e. The van der Waals surface area contributed by atoms with Crippen molar-refractivity contribution in [2.24, 2.45) is 7.05 Å². The molecule has 0 spiro atoms. The minimum Gasteiger partial charge on any atom is -0.332 e. The van der Waals surface area contributed by atoms with Crippen LogP contribution in [-0.2, 0) is 20.0 Å². The summed E-state index contributed by atoms with van der Waals surface area (Å²) in [7, 11) is 1.95. The molecule has 4 rings (SSSR count). The predicted octanol–water partition coefficient (Wildman–Crippen LogP) is 2.91. The number of aromatic nitrogens is 3. The number of nitrogens with one attached hydrogen (secondary N) is 2. The summed E-state index contributed by atoms with van der Waals surface area (Å²) in [5.41, 5.74) is 3.34. The Labute approximate surface area is 143 Å². The molecule has 1 aliphatic carbocycles. The first-order valence-corrected chi connectivity index (χ1v) is 8.92. The molecule has 1 unspecified atom stereocenters. The zero-order chi connectivity index (χ0) is 16.5. The number of aryl methyl sites for hydroxylation is 1. The normalized spacial score (nSPS) is 16.8. The quantitative estimate of drug-likeness (QED) is 0.769. The van der Waals surface area contributed by atoms with E-state index >= 15 is 0 Å². The van der Waals surface area contributed by atoms with E-state index in [1.165, 1.54) is 5.69 Å². The van der Waals surface area contributed by atoms with Gasteiger partial charge < -0.3 is 10.6 Å². The van der Waals surface area contributed by atoms with Crippen molar-refractivity contribution in [1.29, 1.82) is 0 Å². The van der Waals surface area contributed by atoms with Crippen molar-refractivity contribution in [1.82, 2.24) is 25.4 Å². The van der Waals surface area contributed by atoms with Crippen LogP contribution in [0.3, 0.4) is 0 Å². The SMILES string of the molecule is Cn1ncc2c1CCCC2NC(=O)NCc1nc2ccccc2s1. The second-order valence-electron chi connectivity index (χ2n) is 6.02. The van der Waals surface area contributed by atoms with Gasteiger partial charge in [0.2, 0.25) is 0 Å². The van der Waals surface area contributed by atoms with E-state index in [-0.39, 0.29) is 12.1 Å². The number of thiazole rings is 1. The Bertz CT molecular complexity index is 851. The number of benzene rings is 1. The number of urea groups is 1. The maximum Gasteiger partial charge on any atom is 0.315 e. The molecule has 0 saturated heterocycles. The van der Waals surface area contributed by atoms with Crippen LogP contribution in [0.5, 0.6) is 0 Å². The first-order valence-electron chi connectivity index (χ1n) is 8.10. The lowest BCUT2D eigenvalue weighted by molar-refractivity contribution is 0.235. The molecule has 0 aliphatic heterocycles. The van der Waals surface area contributed by atoms with Gasteiger partial charge in [-0.25, -0.2) is 9.78 Å². The molecule has 0 bridgehead atoms. The zero-order valence-corrected chi connectivity index (χ0v) is 14.3. The molecule has 124 valence electrons. The third-order valence-corrected chi connectivity index (χ3v) is 5.46. The van der Waals surface area contributed by atoms with Crippen molar-refractivity contribution in [2.45, 2.75) is 31.8 Å². The second kappa shape index (κ2) is 6.24. The Morgan fingerprint density at radius 1 is 1.42 bits per heavy atom. The van der Waals surface area contributed by atoms with Crippen LogP contribution in [0.25, 0.3) is 10.2 Å². The molecular weight excluding hydrogens is 322 g/mol. The molecule has 2 heterocycles. The standard InChI is InChI=1S/C17H19N5OS/c1-22-14-7-4-6-12(11(14)9-19-22)21-17(23)18-10-16-20-13-5-2-3-8-15(13)24-16/h2-3,5,8-9,12H,4,6-7,10H2,1H3,(H2,18,21,23). The number of rotatable bonds is 3. The van der Waals surface area contributed by atoms with Crippen LogP contribution in [0.4, 0.5) is 4.79 Å². The fraction of sp³-hybridized carbons (Fsp3) is 0.353. The molecular formula is C17H19N5OS. The Hall–Kier alpha value is -2.41. The van der Waals surface area contributed by atoms with Gasteiger partial charge in [0.25, 0.3) is 0 Å². The number of carbonyl (C=O) groups is 1. The molecule has 1 aromatic carbocycles. The van der Waals surface area contributed by atoms with Crippen LogP contribution in [-0.4, -0.2) is 20.8 Å². The van der Waals surface area contributed by atoms with Crippen LogP contribution in [0.1, 0.15) is 35.1 Å². The summed E-state index contributed by atoms with van der Waals surface area (Å²) in [5, 5.41) is 11.2. The van der Waals surface area contributed by atoms with Crippen molar-refractivity contribution in [2.75, 3.05) is 0 Å². The average molecular weight is 341 g/mol. The van der Waals surface area contributed by atoms with E-state index < -0.39 is 0 Å². The highest BCUT2D eigenvalue weighted by atomic mass is 32.1. The molecule has 0 fully saturated rings. The van der Waals surface area contributed by atoms with Crippen molar-refractivity contribution in [3.8, 4) is 0 Å². The van der Waals surface area contributed by atoms with Crippen LogP contribution >= 0.6 is 11.3 Å². The van der Waals surface area contributed by atoms with Gasteiger partial charge in [0.1, 0.15) is 5.01 Å². The molecule has 2 aromatic heterocycles. The van der Waals surface area contributed by atoms with Crippen molar-refractivity contribution in [3.05, 3.63) is 46.7 Å². The Morgan fingerprint density at radius 2 is 2.29 bits per heavy atom. The molecule has 1 aliphatic rings. The van der Waals surface area contributed by atoms with Gasteiger partial charge in [0.05, 0.1) is 29.0 Å². The Balaban J connectivity index is 1.39. The van der Waals surface area contributed by atoms with Gasteiger partial charge in [-0.3, -0.25) is 4.68 Å². The van der Waals surface area contributed by atoms with Crippen LogP contribution in [0.2, 0.25) is 0 Å². The van der Waals surface area contributed by atoms with Crippen molar-refractivity contribution < 1.29 is 4.79 Å². The smallest absolute Gasteiger partial charge is 0.315 e. The zero-order valence-electron chi connectivity index (χ0n) is 13.5. The van der Waals surface area contributed by atoms with Gasteiger partial charge >= 0.3 is 6.03 Å². The summed E-state index contributed by atoms with van der Waals surface area (Å²) in [4.78, 5) is 16.8. The van der Waals surface area contributed by atoms with Gasteiger partial charge in [0, 0.05) is 18.3 Å². The van der Waals surface area contributed by atoms with E-state index in [9.17, 15) is 4.79 Å². The van der Waals surface area contributed by atoms with Crippen LogP contribution in [0.15, 0.2) is 30.5 Å². The van der Waals surface area contributed by atoms with E-state index in [0.29, 0.717) is 6.54 Å². The van der Waals surface area contributed by atoms with Crippen molar-refractivity contribution in [3.63, 3.8) is 0 Å². The first kappa shape index (κ1) is 15.1. The highest BCUT2D eigenvalue weighted by Crippen LogP contribution is 2.29. The number of para-hydroxylation sites is 1. The molecule has 0 saturated carbocycles. The predicted molar refractivity (Wildman–Crippen MR) is 93.9 cm³/mol. The lowest BCUT2D eigenvalue weighted by Gasteiger charge is -2.23.